The first-order valence-electron chi connectivity index (χ1n) is 22.8. The zero-order valence-corrected chi connectivity index (χ0v) is 40.8. The third kappa shape index (κ3) is 25.2. The van der Waals surface area contributed by atoms with Gasteiger partial charge in [-0.2, -0.15) is 0 Å². The molecule has 0 aromatic rings. The maximum absolute atomic E-state index is 14.2. The van der Waals surface area contributed by atoms with E-state index in [1.807, 2.05) is 13.8 Å². The second-order valence-corrected chi connectivity index (χ2v) is 17.3. The third-order valence-electron chi connectivity index (χ3n) is 10.5. The summed E-state index contributed by atoms with van der Waals surface area (Å²) in [6.45, 7) is 13.0. The van der Waals surface area contributed by atoms with Crippen LogP contribution >= 0.6 is 0 Å². The topological polar surface area (TPSA) is 457 Å². The van der Waals surface area contributed by atoms with E-state index in [1.165, 1.54) is 13.8 Å². The Bertz CT molecular complexity index is 1790. The van der Waals surface area contributed by atoms with Gasteiger partial charge in [0.2, 0.25) is 47.3 Å². The fourth-order valence-electron chi connectivity index (χ4n) is 6.56. The summed E-state index contributed by atoms with van der Waals surface area (Å²) in [5, 5.41) is 18.2. The van der Waals surface area contributed by atoms with Crippen LogP contribution in [0.1, 0.15) is 107 Å². The molecule has 0 aliphatic heterocycles. The van der Waals surface area contributed by atoms with Crippen LogP contribution in [0.25, 0.3) is 0 Å². The van der Waals surface area contributed by atoms with Crippen LogP contribution < -0.4 is 77.4 Å². The van der Waals surface area contributed by atoms with Gasteiger partial charge >= 0.3 is 0 Å². The second kappa shape index (κ2) is 32.0. The van der Waals surface area contributed by atoms with E-state index < -0.39 is 107 Å². The fraction of sp³-hybridized carbons (Fsp3) is 0.714. The number of carbonyl (C=O) groups is 9. The van der Waals surface area contributed by atoms with E-state index in [9.17, 15) is 43.2 Å². The normalized spacial score (nSPS) is 14.4. The lowest BCUT2D eigenvalue weighted by Crippen LogP contribution is -2.61. The quantitative estimate of drug-likeness (QED) is 0.0128. The molecule has 21 N–H and O–H groups in total. The molecule has 0 aromatic carbocycles. The predicted molar refractivity (Wildman–Crippen MR) is 257 cm³/mol. The Morgan fingerprint density at radius 3 is 1.41 bits per heavy atom. The molecule has 26 heteroatoms. The number of amides is 8. The van der Waals surface area contributed by atoms with Gasteiger partial charge in [-0.05, 0) is 69.6 Å². The number of primary amides is 1. The largest absolute Gasteiger partial charge is 0.370 e. The van der Waals surface area contributed by atoms with Crippen LogP contribution in [0.3, 0.4) is 0 Å². The summed E-state index contributed by atoms with van der Waals surface area (Å²) in [5.41, 5.74) is 38.4. The standard InChI is InChI=1S/C42H79N17O9/c1-9-23(6)32(59-38(67)31(22(4)5)58-35(64)24(7)54-30(61)20-53-25(8)60)39(68)57-29(19-21(2)3)37(66)56-28(15-12-18-52-42(48)49)36(65)55-27(14-11-17-51-41(46)47)33(62)26(34(43)63)13-10-16-50-40(44)45/h21-24,26-29,31-32H,9-20H2,1-8H3,(H2,43,63)(H,53,60)(H,54,61)(H,55,65)(H,56,66)(H,57,68)(H,58,64)(H,59,67)(H4,44,45,50)(H4,46,47,51)(H4,48,49,52)/t23-,24-,26-,27-,28-,29-,31-,32-/m0/s1. The Morgan fingerprint density at radius 1 is 0.515 bits per heavy atom. The summed E-state index contributed by atoms with van der Waals surface area (Å²) < 4.78 is 0. The summed E-state index contributed by atoms with van der Waals surface area (Å²) in [6, 6.07) is -7.32. The van der Waals surface area contributed by atoms with Gasteiger partial charge in [0, 0.05) is 26.6 Å². The predicted octanol–water partition coefficient (Wildman–Crippen LogP) is -4.37. The van der Waals surface area contributed by atoms with Gasteiger partial charge in [0.05, 0.1) is 18.5 Å². The van der Waals surface area contributed by atoms with E-state index >= 15 is 0 Å². The Labute approximate surface area is 398 Å². The molecule has 0 aliphatic carbocycles. The molecule has 0 aliphatic rings. The smallest absolute Gasteiger partial charge is 0.243 e. The van der Waals surface area contributed by atoms with E-state index in [2.05, 4.69) is 52.2 Å². The molecule has 0 radical (unpaired) electrons. The Balaban J connectivity index is 6.69. The molecule has 8 amide bonds. The molecule has 0 fully saturated rings. The maximum atomic E-state index is 14.2. The van der Waals surface area contributed by atoms with Crippen LogP contribution in [-0.4, -0.2) is 133 Å². The van der Waals surface area contributed by atoms with Crippen LogP contribution in [0.15, 0.2) is 15.0 Å². The van der Waals surface area contributed by atoms with E-state index in [4.69, 9.17) is 40.1 Å². The van der Waals surface area contributed by atoms with Crippen LogP contribution in [0.5, 0.6) is 0 Å². The summed E-state index contributed by atoms with van der Waals surface area (Å²) in [4.78, 5) is 131. The van der Waals surface area contributed by atoms with Crippen LogP contribution in [-0.2, 0) is 43.2 Å². The lowest BCUT2D eigenvalue weighted by Gasteiger charge is -2.30. The number of Topliss-reactive ketones (excluding diaryl/α,β-unsaturated/α-hetero) is 1. The van der Waals surface area contributed by atoms with Gasteiger partial charge in [-0.1, -0.05) is 48.0 Å². The minimum atomic E-state index is -1.34. The van der Waals surface area contributed by atoms with Gasteiger partial charge in [0.1, 0.15) is 30.2 Å². The zero-order chi connectivity index (χ0) is 52.3. The van der Waals surface area contributed by atoms with Crippen molar-refractivity contribution in [3.63, 3.8) is 0 Å². The molecule has 0 heterocycles. The molecule has 68 heavy (non-hydrogen) atoms. The first-order valence-corrected chi connectivity index (χ1v) is 22.8. The number of nitrogens with two attached hydrogens (primary N) is 7. The zero-order valence-electron chi connectivity index (χ0n) is 40.8. The molecule has 26 nitrogen and oxygen atoms in total. The van der Waals surface area contributed by atoms with Gasteiger partial charge in [-0.15, -0.1) is 0 Å². The number of hydrogen-bond acceptors (Lipinski definition) is 12. The van der Waals surface area contributed by atoms with Crippen molar-refractivity contribution in [2.45, 2.75) is 143 Å². The van der Waals surface area contributed by atoms with Gasteiger partial charge in [0.25, 0.3) is 0 Å². The average Bonchev–Trinajstić information content (AvgIpc) is 3.23. The molecular formula is C42H79N17O9. The molecule has 386 valence electrons. The lowest BCUT2D eigenvalue weighted by molar-refractivity contribution is -0.137. The van der Waals surface area contributed by atoms with Crippen LogP contribution in [0.2, 0.25) is 0 Å². The van der Waals surface area contributed by atoms with Gasteiger partial charge in [-0.25, -0.2) is 0 Å². The van der Waals surface area contributed by atoms with Crippen molar-refractivity contribution in [3.05, 3.63) is 0 Å². The summed E-state index contributed by atoms with van der Waals surface area (Å²) in [5.74, 6) is -9.49. The SMILES string of the molecule is CC[C@H](C)[C@H](NC(=O)[C@@H](NC(=O)[C@H](C)NC(=O)CNC(C)=O)C(C)C)C(=O)N[C@@H](CC(C)C)C(=O)N[C@@H](CCCN=C(N)N)C(=O)N[C@@H](CCCN=C(N)N)C(=O)[C@H](CCCN=C(N)N)C(N)=O. The van der Waals surface area contributed by atoms with Crippen molar-refractivity contribution in [1.82, 2.24) is 37.2 Å². The monoisotopic (exact) mass is 966 g/mol. The molecule has 0 saturated carbocycles. The van der Waals surface area contributed by atoms with E-state index in [-0.39, 0.29) is 94.9 Å². The minimum absolute atomic E-state index is 0.0284. The number of guanidine groups is 3. The van der Waals surface area contributed by atoms with Crippen LogP contribution in [0, 0.1) is 23.7 Å². The lowest BCUT2D eigenvalue weighted by atomic mass is 9.90. The number of hydrogen-bond donors (Lipinski definition) is 14. The Morgan fingerprint density at radius 2 is 0.956 bits per heavy atom. The second-order valence-electron chi connectivity index (χ2n) is 17.3. The highest BCUT2D eigenvalue weighted by Gasteiger charge is 2.37. The number of nitrogens with zero attached hydrogens (tertiary/aromatic N) is 3. The van der Waals surface area contributed by atoms with E-state index in [1.54, 1.807) is 27.7 Å². The van der Waals surface area contributed by atoms with Gasteiger partial charge < -0.3 is 77.4 Å². The van der Waals surface area contributed by atoms with E-state index in [0.717, 1.165) is 0 Å². The highest BCUT2D eigenvalue weighted by molar-refractivity contribution is 6.05. The first kappa shape index (κ1) is 61.2. The summed E-state index contributed by atoms with van der Waals surface area (Å²) in [7, 11) is 0. The van der Waals surface area contributed by atoms with Gasteiger partial charge in [0.15, 0.2) is 23.7 Å². The molecule has 0 saturated heterocycles. The number of aliphatic imine (C=N–C) groups is 3. The highest BCUT2D eigenvalue weighted by atomic mass is 16.2. The molecule has 0 bridgehead atoms. The average molecular weight is 966 g/mol. The van der Waals surface area contributed by atoms with Crippen molar-refractivity contribution >= 4 is 70.9 Å². The first-order chi connectivity index (χ1) is 31.7. The van der Waals surface area contributed by atoms with Gasteiger partial charge in [-0.3, -0.25) is 58.1 Å². The fourth-order valence-corrected chi connectivity index (χ4v) is 6.56. The van der Waals surface area contributed by atoms with Crippen LogP contribution in [0.4, 0.5) is 0 Å². The molecule has 0 rings (SSSR count). The maximum Gasteiger partial charge on any atom is 0.243 e. The van der Waals surface area contributed by atoms with Crippen molar-refractivity contribution in [1.29, 1.82) is 0 Å². The van der Waals surface area contributed by atoms with Crippen molar-refractivity contribution in [2.75, 3.05) is 26.2 Å². The number of rotatable bonds is 33. The molecule has 0 aromatic heterocycles. The number of ketones is 1. The molecule has 0 unspecified atom stereocenters. The van der Waals surface area contributed by atoms with E-state index in [0.29, 0.717) is 6.42 Å². The molecule has 8 atom stereocenters. The number of nitrogens with one attached hydrogen (secondary N) is 7. The summed E-state index contributed by atoms with van der Waals surface area (Å²) >= 11 is 0. The highest BCUT2D eigenvalue weighted by Crippen LogP contribution is 2.16. The van der Waals surface area contributed by atoms with Crippen molar-refractivity contribution in [2.24, 2.45) is 78.8 Å². The number of carbonyl (C=O) groups excluding carboxylic acids is 9. The molecular weight excluding hydrogens is 887 g/mol. The summed E-state index contributed by atoms with van der Waals surface area (Å²) in [6.07, 6.45) is 0.954. The minimum Gasteiger partial charge on any atom is -0.370 e. The van der Waals surface area contributed by atoms with Crippen molar-refractivity contribution in [3.8, 4) is 0 Å². The Hall–Kier alpha value is -6.76. The van der Waals surface area contributed by atoms with Crippen molar-refractivity contribution < 1.29 is 43.2 Å². The molecule has 0 spiro atoms. The third-order valence-corrected chi connectivity index (χ3v) is 10.5. The Kier molecular flexibility index (Phi) is 28.8.